The van der Waals surface area contributed by atoms with E-state index in [4.69, 9.17) is 4.99 Å². The van der Waals surface area contributed by atoms with Crippen LogP contribution >= 0.6 is 0 Å². The summed E-state index contributed by atoms with van der Waals surface area (Å²) in [6.07, 6.45) is 5.08. The van der Waals surface area contributed by atoms with Crippen molar-refractivity contribution in [2.45, 2.75) is 38.6 Å². The van der Waals surface area contributed by atoms with E-state index in [0.717, 1.165) is 48.8 Å². The fourth-order valence-corrected chi connectivity index (χ4v) is 3.39. The number of benzene rings is 2. The smallest absolute Gasteiger partial charge is 0.125 e. The number of rotatable bonds is 4. The summed E-state index contributed by atoms with van der Waals surface area (Å²) in [5.74, 6) is 0. The number of carbonyl (C=O) groups is 1. The molecule has 0 heterocycles. The van der Waals surface area contributed by atoms with Crippen molar-refractivity contribution in [1.82, 2.24) is 0 Å². The highest BCUT2D eigenvalue weighted by Crippen LogP contribution is 2.35. The Kier molecular flexibility index (Phi) is 4.71. The maximum atomic E-state index is 11.4. The highest BCUT2D eigenvalue weighted by molar-refractivity contribution is 6.12. The van der Waals surface area contributed by atoms with Crippen molar-refractivity contribution in [1.29, 1.82) is 0 Å². The van der Waals surface area contributed by atoms with Crippen LogP contribution in [0.1, 0.15) is 43.7 Å². The van der Waals surface area contributed by atoms with Crippen LogP contribution < -0.4 is 0 Å². The van der Waals surface area contributed by atoms with Gasteiger partial charge in [-0.05, 0) is 19.3 Å². The molecule has 1 saturated carbocycles. The Morgan fingerprint density at radius 3 is 2.13 bits per heavy atom. The molecular weight excluding hydrogens is 282 g/mol. The molecule has 2 aromatic rings. The highest BCUT2D eigenvalue weighted by atomic mass is 16.1. The van der Waals surface area contributed by atoms with Gasteiger partial charge in [0, 0.05) is 16.5 Å². The van der Waals surface area contributed by atoms with E-state index in [9.17, 15) is 4.79 Å². The first kappa shape index (κ1) is 15.7. The fraction of sp³-hybridized carbons (Fsp3) is 0.333. The topological polar surface area (TPSA) is 29.4 Å². The van der Waals surface area contributed by atoms with Crippen molar-refractivity contribution in [2.75, 3.05) is 0 Å². The van der Waals surface area contributed by atoms with Gasteiger partial charge in [-0.15, -0.1) is 0 Å². The molecule has 1 fully saturated rings. The lowest BCUT2D eigenvalue weighted by molar-refractivity contribution is -0.117. The normalized spacial score (nSPS) is 24.0. The summed E-state index contributed by atoms with van der Waals surface area (Å²) in [6, 6.07) is 20.9. The number of nitrogens with zero attached hydrogens (tertiary/aromatic N) is 1. The lowest BCUT2D eigenvalue weighted by Gasteiger charge is -2.32. The first-order chi connectivity index (χ1) is 11.2. The lowest BCUT2D eigenvalue weighted by atomic mass is 9.75. The van der Waals surface area contributed by atoms with Gasteiger partial charge < -0.3 is 4.79 Å². The van der Waals surface area contributed by atoms with Crippen LogP contribution in [0.4, 0.5) is 0 Å². The van der Waals surface area contributed by atoms with Gasteiger partial charge in [0.1, 0.15) is 6.29 Å². The van der Waals surface area contributed by atoms with E-state index in [-0.39, 0.29) is 11.5 Å². The fourth-order valence-electron chi connectivity index (χ4n) is 3.39. The van der Waals surface area contributed by atoms with Gasteiger partial charge in [0.05, 0.1) is 11.8 Å². The molecule has 2 atom stereocenters. The second-order valence-corrected chi connectivity index (χ2v) is 6.73. The van der Waals surface area contributed by atoms with Gasteiger partial charge in [0.25, 0.3) is 0 Å². The second-order valence-electron chi connectivity index (χ2n) is 6.73. The van der Waals surface area contributed by atoms with Crippen molar-refractivity contribution >= 4 is 12.0 Å². The molecule has 1 aliphatic carbocycles. The molecule has 118 valence electrons. The first-order valence-corrected chi connectivity index (χ1v) is 8.35. The quantitative estimate of drug-likeness (QED) is 0.596. The molecule has 0 aromatic heterocycles. The van der Waals surface area contributed by atoms with Gasteiger partial charge in [-0.25, -0.2) is 0 Å². The average Bonchev–Trinajstić information content (AvgIpc) is 2.61. The number of hydrogen-bond acceptors (Lipinski definition) is 2. The zero-order chi connectivity index (χ0) is 16.1. The zero-order valence-electron chi connectivity index (χ0n) is 13.6. The molecule has 0 bridgehead atoms. The summed E-state index contributed by atoms with van der Waals surface area (Å²) < 4.78 is 0. The number of hydrogen-bond donors (Lipinski definition) is 0. The molecule has 0 radical (unpaired) electrons. The second kappa shape index (κ2) is 6.91. The average molecular weight is 305 g/mol. The van der Waals surface area contributed by atoms with Crippen molar-refractivity contribution in [2.24, 2.45) is 10.4 Å². The van der Waals surface area contributed by atoms with Crippen LogP contribution in [0.5, 0.6) is 0 Å². The highest BCUT2D eigenvalue weighted by Gasteiger charge is 2.32. The van der Waals surface area contributed by atoms with Crippen LogP contribution in [-0.2, 0) is 4.79 Å². The third kappa shape index (κ3) is 3.76. The molecule has 0 amide bonds. The Hall–Kier alpha value is -2.22. The zero-order valence-corrected chi connectivity index (χ0v) is 13.6. The van der Waals surface area contributed by atoms with Crippen molar-refractivity contribution in [3.8, 4) is 0 Å². The summed E-state index contributed by atoms with van der Waals surface area (Å²) in [5, 5.41) is 0. The Morgan fingerprint density at radius 1 is 1.04 bits per heavy atom. The monoisotopic (exact) mass is 305 g/mol. The maximum absolute atomic E-state index is 11.4. The summed E-state index contributed by atoms with van der Waals surface area (Å²) in [5.41, 5.74) is 3.09. The Morgan fingerprint density at radius 2 is 1.61 bits per heavy atom. The minimum atomic E-state index is -0.217. The van der Waals surface area contributed by atoms with Gasteiger partial charge in [-0.2, -0.15) is 0 Å². The van der Waals surface area contributed by atoms with Crippen LogP contribution in [0.25, 0.3) is 0 Å². The molecule has 2 aromatic carbocycles. The van der Waals surface area contributed by atoms with Gasteiger partial charge in [-0.1, -0.05) is 74.0 Å². The molecular formula is C21H23NO. The van der Waals surface area contributed by atoms with Crippen molar-refractivity contribution in [3.63, 3.8) is 0 Å². The van der Waals surface area contributed by atoms with Gasteiger partial charge >= 0.3 is 0 Å². The number of aldehydes is 1. The molecule has 1 aliphatic rings. The third-order valence-electron chi connectivity index (χ3n) is 4.68. The minimum Gasteiger partial charge on any atom is -0.303 e. The molecule has 0 saturated heterocycles. The minimum absolute atomic E-state index is 0.217. The number of carbonyl (C=O) groups excluding carboxylic acids is 1. The van der Waals surface area contributed by atoms with E-state index in [0.29, 0.717) is 0 Å². The Balaban J connectivity index is 1.97. The van der Waals surface area contributed by atoms with Crippen LogP contribution in [0.15, 0.2) is 65.7 Å². The van der Waals surface area contributed by atoms with E-state index in [1.165, 1.54) is 0 Å². The molecule has 23 heavy (non-hydrogen) atoms. The summed E-state index contributed by atoms with van der Waals surface area (Å²) in [4.78, 5) is 16.5. The summed E-state index contributed by atoms with van der Waals surface area (Å²) in [6.45, 7) is 2.06. The van der Waals surface area contributed by atoms with E-state index in [1.54, 1.807) is 0 Å². The van der Waals surface area contributed by atoms with Crippen LogP contribution in [-0.4, -0.2) is 18.0 Å². The largest absolute Gasteiger partial charge is 0.303 e. The van der Waals surface area contributed by atoms with Crippen LogP contribution in [0.3, 0.4) is 0 Å². The summed E-state index contributed by atoms with van der Waals surface area (Å²) in [7, 11) is 0. The predicted molar refractivity (Wildman–Crippen MR) is 95.0 cm³/mol. The van der Waals surface area contributed by atoms with Crippen LogP contribution in [0, 0.1) is 5.41 Å². The number of aliphatic imine (C=N–C) groups is 1. The van der Waals surface area contributed by atoms with Gasteiger partial charge in [-0.3, -0.25) is 4.99 Å². The molecule has 0 aliphatic heterocycles. The Bertz CT molecular complexity index is 636. The third-order valence-corrected chi connectivity index (χ3v) is 4.68. The Labute approximate surface area is 138 Å². The SMILES string of the molecule is CC1(C=O)CCCC(N=C(c2ccccc2)c2ccccc2)C1. The summed E-state index contributed by atoms with van der Waals surface area (Å²) >= 11 is 0. The molecule has 3 rings (SSSR count). The van der Waals surface area contributed by atoms with E-state index >= 15 is 0 Å². The molecule has 2 nitrogen and oxygen atoms in total. The molecule has 2 unspecified atom stereocenters. The van der Waals surface area contributed by atoms with E-state index in [2.05, 4.69) is 31.2 Å². The van der Waals surface area contributed by atoms with E-state index < -0.39 is 0 Å². The van der Waals surface area contributed by atoms with Gasteiger partial charge in [0.2, 0.25) is 0 Å². The molecule has 0 N–H and O–H groups in total. The first-order valence-electron chi connectivity index (χ1n) is 8.35. The van der Waals surface area contributed by atoms with Crippen molar-refractivity contribution < 1.29 is 4.79 Å². The standard InChI is InChI=1S/C21H23NO/c1-21(16-23)14-8-13-19(15-21)22-20(17-9-4-2-5-10-17)18-11-6-3-7-12-18/h2-7,9-12,16,19H,8,13-15H2,1H3. The maximum Gasteiger partial charge on any atom is 0.125 e. The molecule has 0 spiro atoms. The van der Waals surface area contributed by atoms with Crippen molar-refractivity contribution in [3.05, 3.63) is 71.8 Å². The predicted octanol–water partition coefficient (Wildman–Crippen LogP) is 4.67. The van der Waals surface area contributed by atoms with Gasteiger partial charge in [0.15, 0.2) is 0 Å². The molecule has 2 heteroatoms. The van der Waals surface area contributed by atoms with Crippen LogP contribution in [0.2, 0.25) is 0 Å². The lowest BCUT2D eigenvalue weighted by Crippen LogP contribution is -2.30. The van der Waals surface area contributed by atoms with E-state index in [1.807, 2.05) is 36.4 Å².